The van der Waals surface area contributed by atoms with Gasteiger partial charge in [0.05, 0.1) is 39.1 Å². The maximum Gasteiger partial charge on any atom is 0.410 e. The fourth-order valence-corrected chi connectivity index (χ4v) is 8.01. The van der Waals surface area contributed by atoms with Crippen LogP contribution in [0.4, 0.5) is 15.0 Å². The van der Waals surface area contributed by atoms with Gasteiger partial charge in [0.15, 0.2) is 6.79 Å². The number of hydrogen-bond acceptors (Lipinski definition) is 9. The van der Waals surface area contributed by atoms with E-state index in [-0.39, 0.29) is 36.2 Å². The number of carbonyl (C=O) groups is 1. The van der Waals surface area contributed by atoms with Crippen LogP contribution in [0, 0.1) is 18.2 Å². The Kier molecular flexibility index (Phi) is 7.56. The van der Waals surface area contributed by atoms with Crippen molar-refractivity contribution in [3.05, 3.63) is 52.3 Å². The number of hydrogen-bond donors (Lipinski definition) is 0. The van der Waals surface area contributed by atoms with Crippen LogP contribution in [-0.2, 0) is 16.0 Å². The Morgan fingerprint density at radius 3 is 2.65 bits per heavy atom. The van der Waals surface area contributed by atoms with Crippen LogP contribution in [0.2, 0.25) is 0 Å². The van der Waals surface area contributed by atoms with Crippen LogP contribution >= 0.6 is 11.8 Å². The van der Waals surface area contributed by atoms with Gasteiger partial charge in [0, 0.05) is 49.6 Å². The number of carbonyl (C=O) groups excluding carboxylic acids is 1. The maximum absolute atomic E-state index is 15.1. The van der Waals surface area contributed by atoms with Gasteiger partial charge in [-0.1, -0.05) is 12.0 Å². The molecular formula is C34H34FN5O5S. The van der Waals surface area contributed by atoms with Gasteiger partial charge in [-0.2, -0.15) is 4.98 Å². The fourth-order valence-electron chi connectivity index (χ4n) is 6.88. The van der Waals surface area contributed by atoms with E-state index in [0.29, 0.717) is 59.0 Å². The Labute approximate surface area is 269 Å². The molecule has 1 amide bonds. The second-order valence-electron chi connectivity index (χ2n) is 12.8. The lowest BCUT2D eigenvalue weighted by Gasteiger charge is -2.42. The number of piperazine rings is 1. The number of methoxy groups -OCH3 is 1. The van der Waals surface area contributed by atoms with Crippen LogP contribution < -0.4 is 15.3 Å². The van der Waals surface area contributed by atoms with Crippen LogP contribution in [0.3, 0.4) is 0 Å². The van der Waals surface area contributed by atoms with Gasteiger partial charge in [0.25, 0.3) is 0 Å². The van der Waals surface area contributed by atoms with Gasteiger partial charge in [0.1, 0.15) is 23.0 Å². The average molecular weight is 644 g/mol. The van der Waals surface area contributed by atoms with Crippen molar-refractivity contribution in [2.45, 2.75) is 62.7 Å². The summed E-state index contributed by atoms with van der Waals surface area (Å²) in [6.07, 6.45) is 8.96. The number of amides is 1. The first kappa shape index (κ1) is 30.3. The van der Waals surface area contributed by atoms with E-state index in [9.17, 15) is 9.59 Å². The van der Waals surface area contributed by atoms with Crippen molar-refractivity contribution in [3.63, 3.8) is 0 Å². The predicted octanol–water partition coefficient (Wildman–Crippen LogP) is 5.41. The third kappa shape index (κ3) is 5.11. The molecule has 3 aliphatic rings. The molecule has 7 rings (SSSR count). The Hall–Kier alpha value is -4.34. The Balaban J connectivity index is 1.37. The summed E-state index contributed by atoms with van der Waals surface area (Å²) in [5.41, 5.74) is 1.10. The summed E-state index contributed by atoms with van der Waals surface area (Å²) in [5.74, 6) is 3.72. The third-order valence-electron chi connectivity index (χ3n) is 8.68. The van der Waals surface area contributed by atoms with Gasteiger partial charge in [-0.3, -0.25) is 14.5 Å². The zero-order chi connectivity index (χ0) is 32.3. The van der Waals surface area contributed by atoms with Crippen molar-refractivity contribution >= 4 is 45.3 Å². The van der Waals surface area contributed by atoms with E-state index in [4.69, 9.17) is 25.6 Å². The van der Waals surface area contributed by atoms with Gasteiger partial charge in [-0.15, -0.1) is 18.2 Å². The van der Waals surface area contributed by atoms with Gasteiger partial charge in [0.2, 0.25) is 0 Å². The smallest absolute Gasteiger partial charge is 0.410 e. The number of nitrogens with zero attached hydrogens (tertiary/aromatic N) is 5. The standard InChI is InChI=1S/C34H34FN5O5S/c1-6-23-26(35)10-7-19-13-22(44-18-43-5)14-24(27(19)23)28-30-29-25(15-36-28)31(37-32(41)39(29)11-12-46-30)38-16-20-8-9-21(17-38)40(20)33(42)45-34(2,3)4/h1,7,10,13-15,20-21H,8-9,11-12,16-18H2,2-5H3. The van der Waals surface area contributed by atoms with Crippen molar-refractivity contribution in [3.8, 4) is 29.4 Å². The topological polar surface area (TPSA) is 99.0 Å². The minimum absolute atomic E-state index is 0.0264. The average Bonchev–Trinajstić information content (AvgIpc) is 3.30. The molecule has 2 atom stereocenters. The molecule has 10 nitrogen and oxygen atoms in total. The molecule has 3 aliphatic heterocycles. The molecule has 0 spiro atoms. The molecule has 2 fully saturated rings. The summed E-state index contributed by atoms with van der Waals surface area (Å²) in [7, 11) is 1.53. The summed E-state index contributed by atoms with van der Waals surface area (Å²) < 4.78 is 33.4. The number of aromatic nitrogens is 3. The molecule has 0 radical (unpaired) electrons. The van der Waals surface area contributed by atoms with Crippen molar-refractivity contribution in [2.75, 3.05) is 37.6 Å². The maximum atomic E-state index is 15.1. The molecule has 0 aliphatic carbocycles. The zero-order valence-electron chi connectivity index (χ0n) is 26.1. The number of rotatable bonds is 5. The van der Waals surface area contributed by atoms with E-state index in [1.165, 1.54) is 13.2 Å². The molecule has 0 N–H and O–H groups in total. The number of thioether (sulfide) groups is 1. The summed E-state index contributed by atoms with van der Waals surface area (Å²) in [6, 6.07) is 6.48. The Morgan fingerprint density at radius 1 is 1.20 bits per heavy atom. The Bertz CT molecular complexity index is 1990. The highest BCUT2D eigenvalue weighted by molar-refractivity contribution is 7.99. The molecule has 4 aromatic rings. The van der Waals surface area contributed by atoms with E-state index in [0.717, 1.165) is 28.6 Å². The fraction of sp³-hybridized carbons (Fsp3) is 0.412. The molecule has 2 aromatic heterocycles. The SMILES string of the molecule is C#Cc1c(F)ccc2cc(OCOC)cc(-c3ncc4c(N5CC6CCC(C5)N6C(=O)OC(C)(C)C)nc(=O)n5c4c3SCC5)c12. The van der Waals surface area contributed by atoms with Gasteiger partial charge in [-0.05, 0) is 57.2 Å². The monoisotopic (exact) mass is 643 g/mol. The first-order chi connectivity index (χ1) is 22.1. The van der Waals surface area contributed by atoms with Crippen molar-refractivity contribution in [1.29, 1.82) is 0 Å². The number of terminal acetylenes is 1. The lowest BCUT2D eigenvalue weighted by Crippen LogP contribution is -2.57. The summed E-state index contributed by atoms with van der Waals surface area (Å²) in [5, 5.41) is 1.98. The normalized spacial score (nSPS) is 19.0. The predicted molar refractivity (Wildman–Crippen MR) is 175 cm³/mol. The van der Waals surface area contributed by atoms with Crippen LogP contribution in [0.25, 0.3) is 32.9 Å². The van der Waals surface area contributed by atoms with Crippen molar-refractivity contribution in [2.24, 2.45) is 0 Å². The second-order valence-corrected chi connectivity index (χ2v) is 13.9. The highest BCUT2D eigenvalue weighted by atomic mass is 32.2. The van der Waals surface area contributed by atoms with Crippen LogP contribution in [-0.4, -0.2) is 76.0 Å². The molecule has 46 heavy (non-hydrogen) atoms. The lowest BCUT2D eigenvalue weighted by atomic mass is 9.96. The van der Waals surface area contributed by atoms with Gasteiger partial charge in [-0.25, -0.2) is 14.0 Å². The first-order valence-electron chi connectivity index (χ1n) is 15.3. The molecule has 0 saturated carbocycles. The largest absolute Gasteiger partial charge is 0.468 e. The number of fused-ring (bicyclic) bond motifs is 3. The summed E-state index contributed by atoms with van der Waals surface area (Å²) in [4.78, 5) is 41.0. The number of pyridine rings is 1. The minimum Gasteiger partial charge on any atom is -0.468 e. The number of ether oxygens (including phenoxy) is 3. The molecule has 2 bridgehead atoms. The van der Waals surface area contributed by atoms with E-state index in [1.54, 1.807) is 40.7 Å². The van der Waals surface area contributed by atoms with Crippen molar-refractivity contribution < 1.29 is 23.4 Å². The minimum atomic E-state index is -0.589. The van der Waals surface area contributed by atoms with Crippen LogP contribution in [0.15, 0.2) is 40.2 Å². The van der Waals surface area contributed by atoms with Gasteiger partial charge >= 0.3 is 11.8 Å². The Morgan fingerprint density at radius 2 is 1.96 bits per heavy atom. The quantitative estimate of drug-likeness (QED) is 0.209. The summed E-state index contributed by atoms with van der Waals surface area (Å²) in [6.45, 7) is 7.17. The molecular weight excluding hydrogens is 609 g/mol. The van der Waals surface area contributed by atoms with Crippen molar-refractivity contribution in [1.82, 2.24) is 19.4 Å². The lowest BCUT2D eigenvalue weighted by molar-refractivity contribution is 0.0123. The van der Waals surface area contributed by atoms with Gasteiger partial charge < -0.3 is 19.1 Å². The highest BCUT2D eigenvalue weighted by Gasteiger charge is 2.45. The molecule has 2 saturated heterocycles. The number of halogens is 1. The number of benzene rings is 2. The first-order valence-corrected chi connectivity index (χ1v) is 16.2. The summed E-state index contributed by atoms with van der Waals surface area (Å²) >= 11 is 1.59. The molecule has 238 valence electrons. The van der Waals surface area contributed by atoms with E-state index >= 15 is 4.39 Å². The number of anilines is 1. The van der Waals surface area contributed by atoms with Crippen LogP contribution in [0.5, 0.6) is 5.75 Å². The molecule has 5 heterocycles. The molecule has 12 heteroatoms. The molecule has 2 unspecified atom stereocenters. The zero-order valence-corrected chi connectivity index (χ0v) is 26.9. The second kappa shape index (κ2) is 11.5. The van der Waals surface area contributed by atoms with E-state index in [1.807, 2.05) is 25.7 Å². The highest BCUT2D eigenvalue weighted by Crippen LogP contribution is 2.45. The van der Waals surface area contributed by atoms with E-state index < -0.39 is 11.4 Å². The number of aryl methyl sites for hydroxylation is 1. The van der Waals surface area contributed by atoms with E-state index in [2.05, 4.69) is 15.8 Å². The molecule has 2 aromatic carbocycles. The van der Waals surface area contributed by atoms with Crippen LogP contribution in [0.1, 0.15) is 39.2 Å². The third-order valence-corrected chi connectivity index (χ3v) is 9.74.